The van der Waals surface area contributed by atoms with Crippen LogP contribution >= 0.6 is 0 Å². The second-order valence-corrected chi connectivity index (χ2v) is 2.54. The average Bonchev–Trinajstić information content (AvgIpc) is 2.47. The Labute approximate surface area is 85.7 Å². The molecule has 78 valence electrons. The Morgan fingerprint density at radius 1 is 1.53 bits per heavy atom. The first kappa shape index (κ1) is 10.9. The van der Waals surface area contributed by atoms with Gasteiger partial charge in [-0.2, -0.15) is 0 Å². The van der Waals surface area contributed by atoms with Crippen molar-refractivity contribution in [1.29, 1.82) is 0 Å². The van der Waals surface area contributed by atoms with Crippen molar-refractivity contribution in [2.24, 2.45) is 0 Å². The lowest BCUT2D eigenvalue weighted by Crippen LogP contribution is -2.11. The third-order valence-corrected chi connectivity index (χ3v) is 1.66. The van der Waals surface area contributed by atoms with Crippen LogP contribution in [0.1, 0.15) is 6.92 Å². The van der Waals surface area contributed by atoms with Crippen LogP contribution in [0.25, 0.3) is 0 Å². The lowest BCUT2D eigenvalue weighted by Gasteiger charge is -2.02. The van der Waals surface area contributed by atoms with Gasteiger partial charge < -0.3 is 9.47 Å². The number of allylic oxidation sites excluding steroid dienone is 1. The molecule has 0 amide bonds. The highest BCUT2D eigenvalue weighted by Crippen LogP contribution is 2.18. The van der Waals surface area contributed by atoms with Crippen LogP contribution in [0.2, 0.25) is 0 Å². The Hall–Kier alpha value is -2.17. The molecule has 0 atom stereocenters. The van der Waals surface area contributed by atoms with E-state index < -0.39 is 17.9 Å². The van der Waals surface area contributed by atoms with Gasteiger partial charge in [-0.15, -0.1) is 0 Å². The van der Waals surface area contributed by atoms with Crippen LogP contribution in [0, 0.1) is 0 Å². The fourth-order valence-corrected chi connectivity index (χ4v) is 1.06. The van der Waals surface area contributed by atoms with Gasteiger partial charge in [0, 0.05) is 6.08 Å². The molecule has 15 heavy (non-hydrogen) atoms. The van der Waals surface area contributed by atoms with Crippen molar-refractivity contribution in [3.8, 4) is 0 Å². The average molecular weight is 208 g/mol. The molecule has 1 heterocycles. The molecule has 5 nitrogen and oxygen atoms in total. The van der Waals surface area contributed by atoms with Crippen molar-refractivity contribution in [1.82, 2.24) is 0 Å². The van der Waals surface area contributed by atoms with Crippen LogP contribution in [-0.2, 0) is 23.9 Å². The summed E-state index contributed by atoms with van der Waals surface area (Å²) in [4.78, 5) is 33.1. The topological polar surface area (TPSA) is 69.7 Å². The van der Waals surface area contributed by atoms with E-state index in [1.807, 2.05) is 0 Å². The lowest BCUT2D eigenvalue weighted by molar-refractivity contribution is -0.151. The third kappa shape index (κ3) is 2.19. The number of hydrogen-bond donors (Lipinski definition) is 0. The van der Waals surface area contributed by atoms with Crippen LogP contribution < -0.4 is 0 Å². The molecule has 0 aromatic heterocycles. The number of esters is 3. The molecular weight excluding hydrogens is 200 g/mol. The van der Waals surface area contributed by atoms with Crippen LogP contribution in [0.3, 0.4) is 0 Å². The Bertz CT molecular complexity index is 400. The molecule has 0 saturated heterocycles. The molecule has 0 saturated carbocycles. The van der Waals surface area contributed by atoms with Crippen molar-refractivity contribution in [2.45, 2.75) is 6.92 Å². The maximum atomic E-state index is 11.3. The number of hydrogen-bond acceptors (Lipinski definition) is 5. The SMILES string of the molecule is C=COC(=O)C(=CC)C1=CC(=O)OC1=O. The van der Waals surface area contributed by atoms with E-state index in [9.17, 15) is 14.4 Å². The second kappa shape index (κ2) is 4.36. The molecule has 0 fully saturated rings. The molecule has 5 heteroatoms. The second-order valence-electron chi connectivity index (χ2n) is 2.54. The zero-order valence-electron chi connectivity index (χ0n) is 7.98. The zero-order valence-corrected chi connectivity index (χ0v) is 7.98. The molecular formula is C10H8O5. The molecule has 0 aromatic carbocycles. The maximum absolute atomic E-state index is 11.3. The minimum absolute atomic E-state index is 0.0225. The van der Waals surface area contributed by atoms with Gasteiger partial charge in [-0.25, -0.2) is 14.4 Å². The summed E-state index contributed by atoms with van der Waals surface area (Å²) < 4.78 is 8.73. The summed E-state index contributed by atoms with van der Waals surface area (Å²) >= 11 is 0. The van der Waals surface area contributed by atoms with Crippen molar-refractivity contribution in [3.05, 3.63) is 36.1 Å². The first-order chi connectivity index (χ1) is 7.10. The van der Waals surface area contributed by atoms with Gasteiger partial charge in [0.1, 0.15) is 0 Å². The van der Waals surface area contributed by atoms with Gasteiger partial charge in [0.05, 0.1) is 17.4 Å². The van der Waals surface area contributed by atoms with Crippen molar-refractivity contribution < 1.29 is 23.9 Å². The minimum atomic E-state index is -0.853. The first-order valence-corrected chi connectivity index (χ1v) is 4.06. The van der Waals surface area contributed by atoms with Crippen LogP contribution in [0.4, 0.5) is 0 Å². The van der Waals surface area contributed by atoms with Gasteiger partial charge in [-0.1, -0.05) is 12.7 Å². The fraction of sp³-hybridized carbons (Fsp3) is 0.100. The quantitative estimate of drug-likeness (QED) is 0.294. The van der Waals surface area contributed by atoms with Crippen molar-refractivity contribution in [2.75, 3.05) is 0 Å². The number of rotatable bonds is 3. The minimum Gasteiger partial charge on any atom is -0.432 e. The van der Waals surface area contributed by atoms with Crippen LogP contribution in [0.15, 0.2) is 36.1 Å². The Kier molecular flexibility index (Phi) is 3.17. The summed E-state index contributed by atoms with van der Waals surface area (Å²) in [6.07, 6.45) is 3.24. The smallest absolute Gasteiger partial charge is 0.347 e. The van der Waals surface area contributed by atoms with Gasteiger partial charge in [0.15, 0.2) is 0 Å². The molecule has 0 bridgehead atoms. The predicted molar refractivity (Wildman–Crippen MR) is 49.2 cm³/mol. The molecule has 0 aromatic rings. The first-order valence-electron chi connectivity index (χ1n) is 4.06. The summed E-state index contributed by atoms with van der Waals surface area (Å²) in [5, 5.41) is 0. The summed E-state index contributed by atoms with van der Waals surface area (Å²) in [5.41, 5.74) is -0.125. The number of carbonyl (C=O) groups excluding carboxylic acids is 3. The van der Waals surface area contributed by atoms with E-state index in [0.29, 0.717) is 0 Å². The number of ether oxygens (including phenoxy) is 2. The molecule has 0 N–H and O–H groups in total. The van der Waals surface area contributed by atoms with E-state index in [0.717, 1.165) is 12.3 Å². The third-order valence-electron chi connectivity index (χ3n) is 1.66. The van der Waals surface area contributed by atoms with Gasteiger partial charge in [0.25, 0.3) is 0 Å². The summed E-state index contributed by atoms with van der Waals surface area (Å²) in [6.45, 7) is 4.74. The highest BCUT2D eigenvalue weighted by molar-refractivity contribution is 6.17. The highest BCUT2D eigenvalue weighted by Gasteiger charge is 2.30. The van der Waals surface area contributed by atoms with Crippen LogP contribution in [0.5, 0.6) is 0 Å². The maximum Gasteiger partial charge on any atom is 0.347 e. The van der Waals surface area contributed by atoms with Crippen molar-refractivity contribution >= 4 is 17.9 Å². The van der Waals surface area contributed by atoms with E-state index in [-0.39, 0.29) is 11.1 Å². The summed E-state index contributed by atoms with van der Waals surface area (Å²) in [7, 11) is 0. The molecule has 0 aliphatic carbocycles. The zero-order chi connectivity index (χ0) is 11.4. The summed E-state index contributed by atoms with van der Waals surface area (Å²) in [5.74, 6) is -2.40. The normalized spacial score (nSPS) is 15.8. The Morgan fingerprint density at radius 3 is 2.60 bits per heavy atom. The number of carbonyl (C=O) groups is 3. The Morgan fingerprint density at radius 2 is 2.20 bits per heavy atom. The number of cyclic esters (lactones) is 2. The standard InChI is InChI=1S/C10H8O5/c1-3-6(9(12)14-4-2)7-5-8(11)15-10(7)13/h3-5H,2H2,1H3. The molecule has 0 unspecified atom stereocenters. The molecule has 1 aliphatic rings. The van der Waals surface area contributed by atoms with Gasteiger partial charge >= 0.3 is 17.9 Å². The largest absolute Gasteiger partial charge is 0.432 e. The van der Waals surface area contributed by atoms with E-state index >= 15 is 0 Å². The van der Waals surface area contributed by atoms with Gasteiger partial charge in [-0.05, 0) is 6.92 Å². The molecule has 0 radical (unpaired) electrons. The lowest BCUT2D eigenvalue weighted by atomic mass is 10.1. The van der Waals surface area contributed by atoms with E-state index in [1.54, 1.807) is 0 Å². The van der Waals surface area contributed by atoms with Crippen molar-refractivity contribution in [3.63, 3.8) is 0 Å². The van der Waals surface area contributed by atoms with Crippen LogP contribution in [-0.4, -0.2) is 17.9 Å². The summed E-state index contributed by atoms with van der Waals surface area (Å²) in [6, 6.07) is 0. The highest BCUT2D eigenvalue weighted by atomic mass is 16.6. The monoisotopic (exact) mass is 208 g/mol. The molecule has 0 spiro atoms. The van der Waals surface area contributed by atoms with Gasteiger partial charge in [0.2, 0.25) is 0 Å². The molecule has 1 aliphatic heterocycles. The van der Waals surface area contributed by atoms with Gasteiger partial charge in [-0.3, -0.25) is 0 Å². The molecule has 1 rings (SSSR count). The van der Waals surface area contributed by atoms with E-state index in [2.05, 4.69) is 16.1 Å². The fourth-order valence-electron chi connectivity index (χ4n) is 1.06. The predicted octanol–water partition coefficient (Wildman–Crippen LogP) is 0.629. The van der Waals surface area contributed by atoms with E-state index in [4.69, 9.17) is 0 Å². The van der Waals surface area contributed by atoms with E-state index in [1.165, 1.54) is 13.0 Å². The Balaban J connectivity index is 2.99.